The number of benzene rings is 1. The van der Waals surface area contributed by atoms with Gasteiger partial charge in [-0.15, -0.1) is 0 Å². The Morgan fingerprint density at radius 1 is 1.32 bits per heavy atom. The highest BCUT2D eigenvalue weighted by atomic mass is 35.5. The van der Waals surface area contributed by atoms with Crippen LogP contribution in [0.5, 0.6) is 0 Å². The first kappa shape index (κ1) is 14.1. The molecular formula is C14H13Cl2NO2. The van der Waals surface area contributed by atoms with Crippen molar-refractivity contribution in [2.75, 3.05) is 13.6 Å². The Morgan fingerprint density at radius 3 is 2.79 bits per heavy atom. The smallest absolute Gasteiger partial charge is 0.178 e. The lowest BCUT2D eigenvalue weighted by Gasteiger charge is -2.15. The Kier molecular flexibility index (Phi) is 4.64. The number of likely N-dealkylation sites (N-methyl/N-ethyl adjacent to an activating group) is 1. The zero-order valence-electron chi connectivity index (χ0n) is 10.4. The minimum atomic E-state index is -0.0569. The van der Waals surface area contributed by atoms with Crippen molar-refractivity contribution in [2.45, 2.75) is 6.54 Å². The maximum Gasteiger partial charge on any atom is 0.178 e. The molecule has 0 fully saturated rings. The number of ketones is 1. The van der Waals surface area contributed by atoms with E-state index in [0.717, 1.165) is 5.56 Å². The van der Waals surface area contributed by atoms with Crippen LogP contribution in [-0.4, -0.2) is 24.3 Å². The molecule has 2 aromatic rings. The van der Waals surface area contributed by atoms with E-state index in [1.807, 2.05) is 18.0 Å². The van der Waals surface area contributed by atoms with Crippen LogP contribution < -0.4 is 0 Å². The van der Waals surface area contributed by atoms with E-state index in [1.54, 1.807) is 30.7 Å². The molecule has 0 amide bonds. The second-order valence-electron chi connectivity index (χ2n) is 4.35. The monoisotopic (exact) mass is 297 g/mol. The van der Waals surface area contributed by atoms with Gasteiger partial charge in [0.25, 0.3) is 0 Å². The van der Waals surface area contributed by atoms with Crippen LogP contribution in [0.3, 0.4) is 0 Å². The number of furan rings is 1. The predicted molar refractivity (Wildman–Crippen MR) is 75.8 cm³/mol. The third-order valence-electron chi connectivity index (χ3n) is 2.67. The molecule has 0 atom stereocenters. The van der Waals surface area contributed by atoms with Crippen LogP contribution in [0, 0.1) is 0 Å². The van der Waals surface area contributed by atoms with Gasteiger partial charge >= 0.3 is 0 Å². The Labute approximate surface area is 121 Å². The standard InChI is InChI=1S/C14H13Cl2NO2/c1-17(7-10-4-5-19-9-10)8-14(18)12-6-11(15)2-3-13(12)16/h2-6,9H,7-8H2,1H3. The highest BCUT2D eigenvalue weighted by Gasteiger charge is 2.13. The van der Waals surface area contributed by atoms with Crippen molar-refractivity contribution >= 4 is 29.0 Å². The highest BCUT2D eigenvalue weighted by Crippen LogP contribution is 2.21. The first-order valence-corrected chi connectivity index (χ1v) is 6.49. The van der Waals surface area contributed by atoms with Crippen LogP contribution in [0.4, 0.5) is 0 Å². The molecular weight excluding hydrogens is 285 g/mol. The summed E-state index contributed by atoms with van der Waals surface area (Å²) in [6, 6.07) is 6.76. The van der Waals surface area contributed by atoms with Crippen LogP contribution in [0.2, 0.25) is 10.0 Å². The molecule has 100 valence electrons. The molecule has 1 aromatic carbocycles. The van der Waals surface area contributed by atoms with Gasteiger partial charge in [0, 0.05) is 22.7 Å². The molecule has 3 nitrogen and oxygen atoms in total. The summed E-state index contributed by atoms with van der Waals surface area (Å²) in [7, 11) is 1.86. The van der Waals surface area contributed by atoms with Gasteiger partial charge in [0.2, 0.25) is 0 Å². The van der Waals surface area contributed by atoms with E-state index in [4.69, 9.17) is 27.6 Å². The second-order valence-corrected chi connectivity index (χ2v) is 5.19. The van der Waals surface area contributed by atoms with Gasteiger partial charge in [-0.3, -0.25) is 9.69 Å². The fourth-order valence-electron chi connectivity index (χ4n) is 1.79. The summed E-state index contributed by atoms with van der Waals surface area (Å²) in [5.74, 6) is -0.0569. The maximum absolute atomic E-state index is 12.1. The van der Waals surface area contributed by atoms with Crippen LogP contribution >= 0.6 is 23.2 Å². The molecule has 0 saturated carbocycles. The zero-order valence-corrected chi connectivity index (χ0v) is 11.9. The van der Waals surface area contributed by atoms with Gasteiger partial charge < -0.3 is 4.42 Å². The third kappa shape index (κ3) is 3.83. The third-order valence-corrected chi connectivity index (χ3v) is 3.24. The molecule has 0 unspecified atom stereocenters. The molecule has 0 saturated heterocycles. The lowest BCUT2D eigenvalue weighted by molar-refractivity contribution is 0.0943. The van der Waals surface area contributed by atoms with Gasteiger partial charge in [0.05, 0.1) is 24.1 Å². The summed E-state index contributed by atoms with van der Waals surface area (Å²) < 4.78 is 4.99. The SMILES string of the molecule is CN(CC(=O)c1cc(Cl)ccc1Cl)Cc1ccoc1. The van der Waals surface area contributed by atoms with Crippen LogP contribution in [0.1, 0.15) is 15.9 Å². The normalized spacial score (nSPS) is 10.9. The Balaban J connectivity index is 2.02. The van der Waals surface area contributed by atoms with Crippen LogP contribution in [0.25, 0.3) is 0 Å². The minimum Gasteiger partial charge on any atom is -0.472 e. The summed E-state index contributed by atoms with van der Waals surface area (Å²) in [5.41, 5.74) is 1.47. The van der Waals surface area contributed by atoms with E-state index < -0.39 is 0 Å². The molecule has 2 rings (SSSR count). The summed E-state index contributed by atoms with van der Waals surface area (Å²) in [5, 5.41) is 0.927. The summed E-state index contributed by atoms with van der Waals surface area (Å²) in [4.78, 5) is 14.0. The van der Waals surface area contributed by atoms with Crippen LogP contribution in [0.15, 0.2) is 41.2 Å². The molecule has 0 aliphatic carbocycles. The number of carbonyl (C=O) groups is 1. The van der Waals surface area contributed by atoms with Gasteiger partial charge in [-0.2, -0.15) is 0 Å². The number of halogens is 2. The lowest BCUT2D eigenvalue weighted by atomic mass is 10.1. The predicted octanol–water partition coefficient (Wildman–Crippen LogP) is 3.90. The van der Waals surface area contributed by atoms with Gasteiger partial charge in [0.1, 0.15) is 0 Å². The molecule has 0 N–H and O–H groups in total. The molecule has 0 spiro atoms. The molecule has 5 heteroatoms. The number of Topliss-reactive ketones (excluding diaryl/α,β-unsaturated/α-hetero) is 1. The van der Waals surface area contributed by atoms with Crippen molar-refractivity contribution in [3.05, 3.63) is 58.0 Å². The average Bonchev–Trinajstić information content (AvgIpc) is 2.84. The molecule has 1 aromatic heterocycles. The first-order chi connectivity index (χ1) is 9.06. The molecule has 0 bridgehead atoms. The fourth-order valence-corrected chi connectivity index (χ4v) is 2.19. The Hall–Kier alpha value is -1.29. The Bertz CT molecular complexity index is 567. The van der Waals surface area contributed by atoms with Crippen molar-refractivity contribution in [2.24, 2.45) is 0 Å². The van der Waals surface area contributed by atoms with E-state index in [0.29, 0.717) is 22.2 Å². The molecule has 1 heterocycles. The minimum absolute atomic E-state index is 0.0569. The summed E-state index contributed by atoms with van der Waals surface area (Å²) in [6.07, 6.45) is 3.27. The highest BCUT2D eigenvalue weighted by molar-refractivity contribution is 6.36. The van der Waals surface area contributed by atoms with E-state index in [9.17, 15) is 4.79 Å². The lowest BCUT2D eigenvalue weighted by Crippen LogP contribution is -2.25. The van der Waals surface area contributed by atoms with Crippen molar-refractivity contribution in [1.29, 1.82) is 0 Å². The van der Waals surface area contributed by atoms with E-state index >= 15 is 0 Å². The Morgan fingerprint density at radius 2 is 2.11 bits per heavy atom. The quantitative estimate of drug-likeness (QED) is 0.785. The van der Waals surface area contributed by atoms with Gasteiger partial charge in [-0.25, -0.2) is 0 Å². The first-order valence-electron chi connectivity index (χ1n) is 5.74. The van der Waals surface area contributed by atoms with Crippen molar-refractivity contribution in [1.82, 2.24) is 4.90 Å². The summed E-state index contributed by atoms with van der Waals surface area (Å²) >= 11 is 11.9. The van der Waals surface area contributed by atoms with Crippen molar-refractivity contribution in [3.8, 4) is 0 Å². The molecule has 0 aliphatic rings. The molecule has 0 radical (unpaired) electrons. The molecule has 19 heavy (non-hydrogen) atoms. The van der Waals surface area contributed by atoms with Gasteiger partial charge in [-0.1, -0.05) is 23.2 Å². The molecule has 0 aliphatic heterocycles. The van der Waals surface area contributed by atoms with Crippen LogP contribution in [-0.2, 0) is 6.54 Å². The number of carbonyl (C=O) groups excluding carboxylic acids is 1. The maximum atomic E-state index is 12.1. The summed E-state index contributed by atoms with van der Waals surface area (Å²) in [6.45, 7) is 0.908. The number of nitrogens with zero attached hydrogens (tertiary/aromatic N) is 1. The fraction of sp³-hybridized carbons (Fsp3) is 0.214. The van der Waals surface area contributed by atoms with Gasteiger partial charge in [0.15, 0.2) is 5.78 Å². The number of hydrogen-bond acceptors (Lipinski definition) is 3. The average molecular weight is 298 g/mol. The zero-order chi connectivity index (χ0) is 13.8. The van der Waals surface area contributed by atoms with E-state index in [2.05, 4.69) is 0 Å². The largest absolute Gasteiger partial charge is 0.472 e. The van der Waals surface area contributed by atoms with Crippen molar-refractivity contribution < 1.29 is 9.21 Å². The number of rotatable bonds is 5. The topological polar surface area (TPSA) is 33.5 Å². The van der Waals surface area contributed by atoms with E-state index in [-0.39, 0.29) is 12.3 Å². The van der Waals surface area contributed by atoms with Gasteiger partial charge in [-0.05, 0) is 31.3 Å². The van der Waals surface area contributed by atoms with E-state index in [1.165, 1.54) is 0 Å². The second kappa shape index (κ2) is 6.24. The number of hydrogen-bond donors (Lipinski definition) is 0. The van der Waals surface area contributed by atoms with Crippen molar-refractivity contribution in [3.63, 3.8) is 0 Å².